The van der Waals surface area contributed by atoms with E-state index < -0.39 is 0 Å². The first-order valence-electron chi connectivity index (χ1n) is 29.0. The van der Waals surface area contributed by atoms with Crippen LogP contribution in [0.2, 0.25) is 0 Å². The van der Waals surface area contributed by atoms with Crippen molar-refractivity contribution in [1.82, 2.24) is 10.2 Å². The van der Waals surface area contributed by atoms with Gasteiger partial charge in [-0.3, -0.25) is 0 Å². The molecular weight excluding hydrogens is 781 g/mol. The van der Waals surface area contributed by atoms with Crippen molar-refractivity contribution >= 4 is 6.29 Å². The second kappa shape index (κ2) is 64.0. The van der Waals surface area contributed by atoms with Crippen molar-refractivity contribution in [3.8, 4) is 0 Å². The lowest BCUT2D eigenvalue weighted by atomic mass is 9.93. The highest BCUT2D eigenvalue weighted by Crippen LogP contribution is 2.22. The van der Waals surface area contributed by atoms with Crippen molar-refractivity contribution in [3.05, 3.63) is 25.0 Å². The normalized spacial score (nSPS) is 11.8. The lowest BCUT2D eigenvalue weighted by Gasteiger charge is -2.28. The number of carbonyl (C=O) groups is 1. The summed E-state index contributed by atoms with van der Waals surface area (Å²) >= 11 is 0. The first-order valence-corrected chi connectivity index (χ1v) is 29.0. The van der Waals surface area contributed by atoms with E-state index in [1.165, 1.54) is 238 Å². The van der Waals surface area contributed by atoms with Crippen LogP contribution in [0.3, 0.4) is 0 Å². The minimum Gasteiger partial charge on any atom is -0.498 e. The lowest BCUT2D eigenvalue weighted by Crippen LogP contribution is -2.33. The molecule has 0 aromatic heterocycles. The van der Waals surface area contributed by atoms with E-state index in [-0.39, 0.29) is 0 Å². The van der Waals surface area contributed by atoms with Gasteiger partial charge in [0.05, 0.1) is 12.4 Å². The molecule has 386 valence electrons. The average molecular weight is 906 g/mol. The maximum atomic E-state index is 9.89. The van der Waals surface area contributed by atoms with Gasteiger partial charge in [0.15, 0.2) is 0 Å². The van der Waals surface area contributed by atoms with Gasteiger partial charge in [-0.05, 0) is 96.8 Å². The van der Waals surface area contributed by atoms with Crippen LogP contribution >= 0.6 is 0 Å². The van der Waals surface area contributed by atoms with Crippen LogP contribution < -0.4 is 5.32 Å². The summed E-state index contributed by atoms with van der Waals surface area (Å²) < 4.78 is 6.09. The molecule has 2 atom stereocenters. The van der Waals surface area contributed by atoms with Crippen LogP contribution in [0.1, 0.15) is 306 Å². The predicted octanol–water partition coefficient (Wildman–Crippen LogP) is 20.0. The number of hydrogen-bond acceptors (Lipinski definition) is 4. The van der Waals surface area contributed by atoms with Crippen LogP contribution in [0.5, 0.6) is 0 Å². The highest BCUT2D eigenvalue weighted by Gasteiger charge is 2.14. The van der Waals surface area contributed by atoms with Crippen LogP contribution in [-0.4, -0.2) is 51.0 Å². The summed E-state index contributed by atoms with van der Waals surface area (Å²) in [6.45, 7) is 29.0. The fourth-order valence-electron chi connectivity index (χ4n) is 8.58. The number of carbonyl (C=O) groups excluding carboxylic acids is 1. The summed E-state index contributed by atoms with van der Waals surface area (Å²) in [5.74, 6) is 2.77. The number of ether oxygens (including phenoxy) is 1. The fraction of sp³-hybridized carbons (Fsp3) is 0.917. The molecule has 2 unspecified atom stereocenters. The summed E-state index contributed by atoms with van der Waals surface area (Å²) in [5, 5.41) is 3.31. The van der Waals surface area contributed by atoms with E-state index in [0.717, 1.165) is 62.3 Å². The Bertz CT molecular complexity index is 837. The van der Waals surface area contributed by atoms with Crippen LogP contribution in [-0.2, 0) is 9.53 Å². The number of nitrogens with one attached hydrogen (secondary N) is 1. The molecule has 0 aromatic rings. The highest BCUT2D eigenvalue weighted by molar-refractivity contribution is 5.48. The van der Waals surface area contributed by atoms with Crippen LogP contribution in [0, 0.1) is 11.8 Å². The monoisotopic (exact) mass is 905 g/mol. The summed E-state index contributed by atoms with van der Waals surface area (Å²) in [6, 6.07) is 0.765. The van der Waals surface area contributed by atoms with Crippen molar-refractivity contribution in [1.29, 1.82) is 0 Å². The zero-order chi connectivity index (χ0) is 48.4. The van der Waals surface area contributed by atoms with E-state index in [1.54, 1.807) is 0 Å². The van der Waals surface area contributed by atoms with Crippen LogP contribution in [0.15, 0.2) is 25.0 Å². The Morgan fingerprint density at radius 2 is 0.938 bits per heavy atom. The van der Waals surface area contributed by atoms with E-state index in [4.69, 9.17) is 4.74 Å². The Kier molecular flexibility index (Phi) is 69.4. The van der Waals surface area contributed by atoms with Gasteiger partial charge < -0.3 is 19.7 Å². The molecule has 0 heterocycles. The molecule has 0 spiro atoms. The Labute approximate surface area is 406 Å². The zero-order valence-electron chi connectivity index (χ0n) is 46.3. The molecule has 0 aromatic carbocycles. The van der Waals surface area contributed by atoms with E-state index in [9.17, 15) is 4.79 Å². The summed E-state index contributed by atoms with van der Waals surface area (Å²) in [5.41, 5.74) is 0. The molecule has 1 N–H and O–H groups in total. The molecule has 0 saturated carbocycles. The van der Waals surface area contributed by atoms with Gasteiger partial charge in [0.25, 0.3) is 0 Å². The molecule has 0 bridgehead atoms. The molecular formula is C60H124N2O2. The van der Waals surface area contributed by atoms with Crippen molar-refractivity contribution < 1.29 is 9.53 Å². The molecule has 64 heavy (non-hydrogen) atoms. The van der Waals surface area contributed by atoms with Gasteiger partial charge in [0, 0.05) is 18.9 Å². The van der Waals surface area contributed by atoms with Crippen molar-refractivity contribution in [2.45, 2.75) is 312 Å². The molecule has 0 aliphatic carbocycles. The third-order valence-corrected chi connectivity index (χ3v) is 13.1. The maximum absolute atomic E-state index is 9.89. The Morgan fingerprint density at radius 3 is 1.41 bits per heavy atom. The zero-order valence-corrected chi connectivity index (χ0v) is 46.3. The fourth-order valence-corrected chi connectivity index (χ4v) is 8.58. The van der Waals surface area contributed by atoms with Gasteiger partial charge in [-0.15, -0.1) is 6.58 Å². The first kappa shape index (κ1) is 69.4. The van der Waals surface area contributed by atoms with Crippen molar-refractivity contribution in [2.24, 2.45) is 11.8 Å². The van der Waals surface area contributed by atoms with Crippen LogP contribution in [0.4, 0.5) is 0 Å². The number of allylic oxidation sites excluding steroid dienone is 2. The number of aldehydes is 1. The Hall–Kier alpha value is -1.13. The van der Waals surface area contributed by atoms with Crippen molar-refractivity contribution in [2.75, 3.05) is 33.8 Å². The van der Waals surface area contributed by atoms with Gasteiger partial charge in [0.1, 0.15) is 6.29 Å². The van der Waals surface area contributed by atoms with Crippen LogP contribution in [0.25, 0.3) is 0 Å². The third-order valence-electron chi connectivity index (χ3n) is 13.1. The SMILES string of the molecule is C=CCCCCCCCCC(CCCCCCCCC(=C)OCC(CCCC)CCCC)N(C)CCCNC.CC.CCCCCCC(CC)CCCC.CCCCCCCCC=O. The largest absolute Gasteiger partial charge is 0.498 e. The second-order valence-electron chi connectivity index (χ2n) is 19.2. The summed E-state index contributed by atoms with van der Waals surface area (Å²) in [4.78, 5) is 12.5. The topological polar surface area (TPSA) is 41.6 Å². The average Bonchev–Trinajstić information content (AvgIpc) is 3.31. The van der Waals surface area contributed by atoms with Gasteiger partial charge >= 0.3 is 0 Å². The highest BCUT2D eigenvalue weighted by atomic mass is 16.5. The van der Waals surface area contributed by atoms with Crippen molar-refractivity contribution in [3.63, 3.8) is 0 Å². The predicted molar refractivity (Wildman–Crippen MR) is 294 cm³/mol. The molecule has 0 amide bonds. The van der Waals surface area contributed by atoms with Gasteiger partial charge in [-0.2, -0.15) is 0 Å². The lowest BCUT2D eigenvalue weighted by molar-refractivity contribution is -0.107. The molecule has 0 radical (unpaired) electrons. The smallest absolute Gasteiger partial charge is 0.119 e. The van der Waals surface area contributed by atoms with E-state index in [0.29, 0.717) is 0 Å². The number of hydrogen-bond donors (Lipinski definition) is 1. The standard InChI is InChI=1S/C36H72N2O.C13H28.C9H18O.C2H6/c1-7-10-13-14-15-16-20-23-29-36(38(6)32-25-31-37-5)30-24-21-18-17-19-22-26-34(4)39-33-35(27-11-8-2)28-12-9-3;1-4-7-9-10-12-13(6-3)11-8-5-2;1-2-3-4-5-6-7-8-9-10;1-2/h7,35-37H,1,4,8-33H2,2-3,5-6H3;13H,4-12H2,1-3H3;9H,2-8H2,1H3;1-2H3. The summed E-state index contributed by atoms with van der Waals surface area (Å²) in [6.07, 6.45) is 54.8. The van der Waals surface area contributed by atoms with Gasteiger partial charge in [0.2, 0.25) is 0 Å². The minimum atomic E-state index is 0.722. The molecule has 0 saturated heterocycles. The maximum Gasteiger partial charge on any atom is 0.119 e. The molecule has 0 aliphatic rings. The number of rotatable bonds is 48. The van der Waals surface area contributed by atoms with Gasteiger partial charge in [-0.25, -0.2) is 0 Å². The Morgan fingerprint density at radius 1 is 0.531 bits per heavy atom. The third kappa shape index (κ3) is 58.9. The first-order chi connectivity index (χ1) is 31.3. The molecule has 0 aliphatic heterocycles. The molecule has 4 heteroatoms. The van der Waals surface area contributed by atoms with Gasteiger partial charge in [-0.1, -0.05) is 248 Å². The quantitative estimate of drug-likeness (QED) is 0.0286. The second-order valence-corrected chi connectivity index (χ2v) is 19.2. The molecule has 0 fully saturated rings. The summed E-state index contributed by atoms with van der Waals surface area (Å²) in [7, 11) is 4.42. The Balaban J connectivity index is -0.000000581. The van der Waals surface area contributed by atoms with E-state index in [1.807, 2.05) is 13.8 Å². The molecule has 4 nitrogen and oxygen atoms in total. The number of nitrogens with zero attached hydrogens (tertiary/aromatic N) is 1. The van der Waals surface area contributed by atoms with E-state index >= 15 is 0 Å². The molecule has 0 rings (SSSR count). The minimum absolute atomic E-state index is 0.722. The van der Waals surface area contributed by atoms with E-state index in [2.05, 4.69) is 85.1 Å². The number of unbranched alkanes of at least 4 members (excludes halogenated alkanes) is 23.